The molecule has 1 N–H and O–H groups in total. The van der Waals surface area contributed by atoms with Gasteiger partial charge >= 0.3 is 0 Å². The van der Waals surface area contributed by atoms with Gasteiger partial charge in [-0.3, -0.25) is 4.98 Å². The van der Waals surface area contributed by atoms with Gasteiger partial charge in [0.15, 0.2) is 5.82 Å². The van der Waals surface area contributed by atoms with E-state index in [1.807, 2.05) is 44.3 Å². The lowest BCUT2D eigenvalue weighted by atomic mass is 10.1. The van der Waals surface area contributed by atoms with Crippen LogP contribution in [0, 0.1) is 6.92 Å². The lowest BCUT2D eigenvalue weighted by Crippen LogP contribution is -1.98. The minimum Gasteiger partial charge on any atom is -0.373 e. The van der Waals surface area contributed by atoms with Gasteiger partial charge in [-0.1, -0.05) is 6.07 Å². The molecule has 4 heteroatoms. The van der Waals surface area contributed by atoms with Crippen molar-refractivity contribution in [1.29, 1.82) is 0 Å². The molecule has 0 spiro atoms. The Labute approximate surface area is 111 Å². The molecule has 1 aromatic carbocycles. The third-order valence-electron chi connectivity index (χ3n) is 2.97. The van der Waals surface area contributed by atoms with E-state index in [1.165, 1.54) is 0 Å². The van der Waals surface area contributed by atoms with Crippen molar-refractivity contribution in [3.05, 3.63) is 48.3 Å². The zero-order valence-corrected chi connectivity index (χ0v) is 10.9. The van der Waals surface area contributed by atoms with Crippen molar-refractivity contribution in [1.82, 2.24) is 15.0 Å². The molecular formula is C15H14N4. The highest BCUT2D eigenvalue weighted by molar-refractivity contribution is 5.83. The first-order valence-corrected chi connectivity index (χ1v) is 6.15. The van der Waals surface area contributed by atoms with Gasteiger partial charge in [-0.05, 0) is 31.2 Å². The van der Waals surface area contributed by atoms with E-state index in [0.717, 1.165) is 33.8 Å². The zero-order valence-electron chi connectivity index (χ0n) is 10.9. The Morgan fingerprint density at radius 3 is 2.79 bits per heavy atom. The van der Waals surface area contributed by atoms with Gasteiger partial charge in [-0.2, -0.15) is 0 Å². The number of nitrogens with zero attached hydrogens (tertiary/aromatic N) is 3. The lowest BCUT2D eigenvalue weighted by Gasteiger charge is -2.06. The van der Waals surface area contributed by atoms with E-state index < -0.39 is 0 Å². The van der Waals surface area contributed by atoms with Crippen LogP contribution in [0.5, 0.6) is 0 Å². The van der Waals surface area contributed by atoms with Crippen LogP contribution in [0.25, 0.3) is 22.3 Å². The van der Waals surface area contributed by atoms with E-state index in [-0.39, 0.29) is 0 Å². The van der Waals surface area contributed by atoms with Crippen LogP contribution in [-0.4, -0.2) is 22.0 Å². The molecule has 2 heterocycles. The van der Waals surface area contributed by atoms with E-state index in [2.05, 4.69) is 26.3 Å². The maximum absolute atomic E-state index is 4.49. The fraction of sp³-hybridized carbons (Fsp3) is 0.133. The molecule has 0 amide bonds. The first kappa shape index (κ1) is 11.6. The van der Waals surface area contributed by atoms with Crippen LogP contribution in [0.1, 0.15) is 5.69 Å². The number of pyridine rings is 1. The van der Waals surface area contributed by atoms with Crippen molar-refractivity contribution >= 4 is 16.7 Å². The second-order valence-corrected chi connectivity index (χ2v) is 4.38. The Bertz CT molecular complexity index is 737. The van der Waals surface area contributed by atoms with Crippen LogP contribution in [0.2, 0.25) is 0 Å². The SMILES string of the molecule is CNc1cc(C)nc(-c2ccc3ncccc3c2)n1. The number of aromatic nitrogens is 3. The Kier molecular flexibility index (Phi) is 2.83. The average Bonchev–Trinajstić information content (AvgIpc) is 2.46. The van der Waals surface area contributed by atoms with Gasteiger partial charge in [0.2, 0.25) is 0 Å². The van der Waals surface area contributed by atoms with Crippen LogP contribution in [0.15, 0.2) is 42.6 Å². The molecule has 94 valence electrons. The number of nitrogens with one attached hydrogen (secondary N) is 1. The van der Waals surface area contributed by atoms with E-state index >= 15 is 0 Å². The van der Waals surface area contributed by atoms with Crippen molar-refractivity contribution < 1.29 is 0 Å². The van der Waals surface area contributed by atoms with Crippen molar-refractivity contribution in [3.8, 4) is 11.4 Å². The molecule has 0 saturated carbocycles. The number of benzene rings is 1. The van der Waals surface area contributed by atoms with Crippen molar-refractivity contribution in [3.63, 3.8) is 0 Å². The molecule has 3 rings (SSSR count). The molecule has 0 bridgehead atoms. The van der Waals surface area contributed by atoms with Gasteiger partial charge in [0.25, 0.3) is 0 Å². The molecule has 0 aliphatic carbocycles. The summed E-state index contributed by atoms with van der Waals surface area (Å²) in [7, 11) is 1.86. The fourth-order valence-corrected chi connectivity index (χ4v) is 2.04. The molecule has 3 aromatic rings. The summed E-state index contributed by atoms with van der Waals surface area (Å²) in [5.41, 5.74) is 2.93. The van der Waals surface area contributed by atoms with E-state index in [0.29, 0.717) is 0 Å². The van der Waals surface area contributed by atoms with Gasteiger partial charge < -0.3 is 5.32 Å². The zero-order chi connectivity index (χ0) is 13.2. The maximum atomic E-state index is 4.49. The molecule has 4 nitrogen and oxygen atoms in total. The Hall–Kier alpha value is -2.49. The van der Waals surface area contributed by atoms with Gasteiger partial charge in [-0.15, -0.1) is 0 Å². The Morgan fingerprint density at radius 2 is 1.95 bits per heavy atom. The highest BCUT2D eigenvalue weighted by atomic mass is 15.0. The first-order valence-electron chi connectivity index (χ1n) is 6.15. The molecule has 0 aliphatic rings. The largest absolute Gasteiger partial charge is 0.373 e. The van der Waals surface area contributed by atoms with Crippen LogP contribution < -0.4 is 5.32 Å². The molecule has 0 fully saturated rings. The van der Waals surface area contributed by atoms with E-state index in [1.54, 1.807) is 6.20 Å². The summed E-state index contributed by atoms with van der Waals surface area (Å²) in [6.07, 6.45) is 1.80. The summed E-state index contributed by atoms with van der Waals surface area (Å²) >= 11 is 0. The van der Waals surface area contributed by atoms with Gasteiger partial charge in [0.1, 0.15) is 5.82 Å². The quantitative estimate of drug-likeness (QED) is 0.759. The fourth-order valence-electron chi connectivity index (χ4n) is 2.04. The van der Waals surface area contributed by atoms with Crippen LogP contribution in [0.4, 0.5) is 5.82 Å². The molecule has 2 aromatic heterocycles. The second kappa shape index (κ2) is 4.65. The number of rotatable bonds is 2. The molecule has 0 radical (unpaired) electrons. The topological polar surface area (TPSA) is 50.7 Å². The number of hydrogen-bond donors (Lipinski definition) is 1. The van der Waals surface area contributed by atoms with E-state index in [9.17, 15) is 0 Å². The molecule has 0 aliphatic heterocycles. The third kappa shape index (κ3) is 2.25. The summed E-state index contributed by atoms with van der Waals surface area (Å²) in [4.78, 5) is 13.3. The number of fused-ring (bicyclic) bond motifs is 1. The van der Waals surface area contributed by atoms with Crippen molar-refractivity contribution in [2.75, 3.05) is 12.4 Å². The molecular weight excluding hydrogens is 236 g/mol. The summed E-state index contributed by atoms with van der Waals surface area (Å²) in [5.74, 6) is 1.56. The smallest absolute Gasteiger partial charge is 0.161 e. The van der Waals surface area contributed by atoms with E-state index in [4.69, 9.17) is 0 Å². The summed E-state index contributed by atoms with van der Waals surface area (Å²) in [5, 5.41) is 4.15. The van der Waals surface area contributed by atoms with Crippen LogP contribution >= 0.6 is 0 Å². The number of anilines is 1. The number of aryl methyl sites for hydroxylation is 1. The Morgan fingerprint density at radius 1 is 1.05 bits per heavy atom. The van der Waals surface area contributed by atoms with Crippen molar-refractivity contribution in [2.24, 2.45) is 0 Å². The summed E-state index contributed by atoms with van der Waals surface area (Å²) in [6.45, 7) is 1.97. The molecule has 0 saturated heterocycles. The predicted octanol–water partition coefficient (Wildman–Crippen LogP) is 3.04. The van der Waals surface area contributed by atoms with Crippen molar-refractivity contribution in [2.45, 2.75) is 6.92 Å². The van der Waals surface area contributed by atoms with Crippen LogP contribution in [0.3, 0.4) is 0 Å². The third-order valence-corrected chi connectivity index (χ3v) is 2.97. The minimum absolute atomic E-state index is 0.732. The Balaban J connectivity index is 2.15. The first-order chi connectivity index (χ1) is 9.26. The lowest BCUT2D eigenvalue weighted by molar-refractivity contribution is 1.11. The van der Waals surface area contributed by atoms with Crippen LogP contribution in [-0.2, 0) is 0 Å². The van der Waals surface area contributed by atoms with Gasteiger partial charge in [-0.25, -0.2) is 9.97 Å². The number of hydrogen-bond acceptors (Lipinski definition) is 4. The molecule has 0 atom stereocenters. The van der Waals surface area contributed by atoms with Gasteiger partial charge in [0.05, 0.1) is 5.52 Å². The highest BCUT2D eigenvalue weighted by Crippen LogP contribution is 2.22. The monoisotopic (exact) mass is 250 g/mol. The normalized spacial score (nSPS) is 10.6. The highest BCUT2D eigenvalue weighted by Gasteiger charge is 2.05. The predicted molar refractivity (Wildman–Crippen MR) is 77.1 cm³/mol. The minimum atomic E-state index is 0.732. The summed E-state index contributed by atoms with van der Waals surface area (Å²) in [6, 6.07) is 12.0. The standard InChI is InChI=1S/C15H14N4/c1-10-8-14(16-2)19-15(18-10)12-5-6-13-11(9-12)4-3-7-17-13/h3-9H,1-2H3,(H,16,18,19). The summed E-state index contributed by atoms with van der Waals surface area (Å²) < 4.78 is 0. The second-order valence-electron chi connectivity index (χ2n) is 4.38. The maximum Gasteiger partial charge on any atom is 0.161 e. The molecule has 0 unspecified atom stereocenters. The molecule has 19 heavy (non-hydrogen) atoms. The average molecular weight is 250 g/mol. The van der Waals surface area contributed by atoms with Gasteiger partial charge in [0, 0.05) is 36.0 Å².